The molecule has 0 saturated heterocycles. The Hall–Kier alpha value is 0.202. The minimum Gasteiger partial charge on any atom is -0.322 e. The van der Waals surface area contributed by atoms with Gasteiger partial charge in [0.1, 0.15) is 0 Å². The highest BCUT2D eigenvalue weighted by atomic mass is 27.1. The minimum absolute atomic E-state index is 0.293. The summed E-state index contributed by atoms with van der Waals surface area (Å²) in [5, 5.41) is 1.19. The van der Waals surface area contributed by atoms with E-state index in [4.69, 9.17) is 0 Å². The summed E-state index contributed by atoms with van der Waals surface area (Å²) in [6.07, 6.45) is 1.19. The van der Waals surface area contributed by atoms with Gasteiger partial charge in [-0.15, -0.1) is 0 Å². The molecule has 0 aliphatic heterocycles. The maximum absolute atomic E-state index is 10.3. The van der Waals surface area contributed by atoms with Crippen molar-refractivity contribution < 1.29 is 4.79 Å². The lowest BCUT2D eigenvalue weighted by atomic mass is 10.6. The molecule has 40 valence electrons. The fourth-order valence-electron chi connectivity index (χ4n) is 0.426. The van der Waals surface area contributed by atoms with Crippen LogP contribution in [0.2, 0.25) is 5.28 Å². The number of carbonyl (C=O) groups is 1. The largest absolute Gasteiger partial charge is 0.342 e. The van der Waals surface area contributed by atoms with Gasteiger partial charge in [0, 0.05) is 4.65 Å². The van der Waals surface area contributed by atoms with Crippen LogP contribution in [0.3, 0.4) is 0 Å². The van der Waals surface area contributed by atoms with Crippen molar-refractivity contribution in [1.29, 1.82) is 0 Å². The Morgan fingerprint density at radius 2 is 2.29 bits per heavy atom. The first-order valence-corrected chi connectivity index (χ1v) is 4.47. The maximum Gasteiger partial charge on any atom is 0.342 e. The van der Waals surface area contributed by atoms with E-state index in [0.717, 1.165) is 0 Å². The van der Waals surface area contributed by atoms with Crippen molar-refractivity contribution in [3.8, 4) is 0 Å². The Kier molecular flexibility index (Phi) is 4.49. The quantitative estimate of drug-likeness (QED) is 0.496. The van der Waals surface area contributed by atoms with Crippen molar-refractivity contribution in [3.05, 3.63) is 0 Å². The third-order valence-corrected chi connectivity index (χ3v) is 2.65. The number of carbonyl (C=O) groups excluding carboxylic acids is 1. The summed E-state index contributed by atoms with van der Waals surface area (Å²) < 4.78 is 0.446. The van der Waals surface area contributed by atoms with Crippen LogP contribution in [0.5, 0.6) is 0 Å². The Morgan fingerprint density at radius 3 is 2.43 bits per heavy atom. The van der Waals surface area contributed by atoms with Gasteiger partial charge < -0.3 is 4.79 Å². The molecular formula is C5H11AlO. The van der Waals surface area contributed by atoms with E-state index in [0.29, 0.717) is 4.65 Å². The van der Waals surface area contributed by atoms with Crippen LogP contribution in [0.4, 0.5) is 0 Å². The highest BCUT2D eigenvalue weighted by molar-refractivity contribution is 6.73. The zero-order chi connectivity index (χ0) is 5.70. The van der Waals surface area contributed by atoms with Crippen molar-refractivity contribution in [1.82, 2.24) is 0 Å². The fraction of sp³-hybridized carbons (Fsp3) is 0.800. The molecule has 0 aliphatic carbocycles. The SMILES string of the molecule is CC[CH2][AlH][C](C)=O. The molecule has 0 unspecified atom stereocenters. The monoisotopic (exact) mass is 114 g/mol. The topological polar surface area (TPSA) is 17.1 Å². The summed E-state index contributed by atoms with van der Waals surface area (Å²) in [4.78, 5) is 10.3. The number of hydrogen-bond acceptors (Lipinski definition) is 1. The predicted octanol–water partition coefficient (Wildman–Crippen LogP) is 0.798. The number of hydrogen-bond donors (Lipinski definition) is 0. The Morgan fingerprint density at radius 1 is 1.71 bits per heavy atom. The van der Waals surface area contributed by atoms with E-state index in [1.807, 2.05) is 0 Å². The van der Waals surface area contributed by atoms with Gasteiger partial charge in [0.2, 0.25) is 0 Å². The molecule has 7 heavy (non-hydrogen) atoms. The number of rotatable bonds is 3. The van der Waals surface area contributed by atoms with Crippen LogP contribution in [0.1, 0.15) is 20.3 Å². The van der Waals surface area contributed by atoms with Gasteiger partial charge in [0.25, 0.3) is 0 Å². The fourth-order valence-corrected chi connectivity index (χ4v) is 1.28. The van der Waals surface area contributed by atoms with Crippen molar-refractivity contribution in [2.75, 3.05) is 0 Å². The van der Waals surface area contributed by atoms with Crippen LogP contribution >= 0.6 is 0 Å². The van der Waals surface area contributed by atoms with Crippen LogP contribution in [-0.4, -0.2) is 19.9 Å². The highest BCUT2D eigenvalue weighted by Crippen LogP contribution is 1.83. The molecule has 0 bridgehead atoms. The lowest BCUT2D eigenvalue weighted by Gasteiger charge is -1.82. The zero-order valence-corrected chi connectivity index (χ0v) is 6.44. The van der Waals surface area contributed by atoms with E-state index in [9.17, 15) is 4.79 Å². The van der Waals surface area contributed by atoms with Gasteiger partial charge >= 0.3 is 15.2 Å². The second-order valence-electron chi connectivity index (χ2n) is 1.81. The third kappa shape index (κ3) is 6.20. The summed E-state index contributed by atoms with van der Waals surface area (Å²) >= 11 is -0.293. The molecule has 0 aromatic heterocycles. The first kappa shape index (κ1) is 7.20. The lowest BCUT2D eigenvalue weighted by Crippen LogP contribution is -2.00. The van der Waals surface area contributed by atoms with E-state index in [1.54, 1.807) is 6.92 Å². The molecule has 2 heteroatoms. The van der Waals surface area contributed by atoms with Gasteiger partial charge in [-0.25, -0.2) is 0 Å². The summed E-state index contributed by atoms with van der Waals surface area (Å²) in [5.74, 6) is 0. The molecule has 1 nitrogen and oxygen atoms in total. The standard InChI is InChI=1S/C3H7.C2H3O.Al.H/c1-3-2;1-2-3;;/h1,3H2,2H3;1H3;;. The van der Waals surface area contributed by atoms with Gasteiger partial charge in [-0.3, -0.25) is 0 Å². The van der Waals surface area contributed by atoms with E-state index < -0.39 is 0 Å². The smallest absolute Gasteiger partial charge is 0.322 e. The van der Waals surface area contributed by atoms with Crippen LogP contribution < -0.4 is 0 Å². The molecule has 0 aliphatic rings. The lowest BCUT2D eigenvalue weighted by molar-refractivity contribution is -0.110. The van der Waals surface area contributed by atoms with Crippen LogP contribution in [-0.2, 0) is 4.79 Å². The summed E-state index contributed by atoms with van der Waals surface area (Å²) in [6.45, 7) is 3.82. The summed E-state index contributed by atoms with van der Waals surface area (Å²) in [7, 11) is 0. The Labute approximate surface area is 50.8 Å². The van der Waals surface area contributed by atoms with Crippen molar-refractivity contribution in [2.45, 2.75) is 25.6 Å². The van der Waals surface area contributed by atoms with Crippen LogP contribution in [0.15, 0.2) is 0 Å². The van der Waals surface area contributed by atoms with E-state index in [2.05, 4.69) is 6.92 Å². The average molecular weight is 114 g/mol. The molecule has 0 aromatic rings. The Balaban J connectivity index is 2.82. The molecule has 0 N–H and O–H groups in total. The van der Waals surface area contributed by atoms with Gasteiger partial charge in [-0.05, 0) is 6.92 Å². The summed E-state index contributed by atoms with van der Waals surface area (Å²) in [5.41, 5.74) is 0. The van der Waals surface area contributed by atoms with Gasteiger partial charge in [-0.2, -0.15) is 0 Å². The van der Waals surface area contributed by atoms with Crippen molar-refractivity contribution in [3.63, 3.8) is 0 Å². The zero-order valence-electron chi connectivity index (χ0n) is 5.03. The van der Waals surface area contributed by atoms with E-state index in [1.165, 1.54) is 11.7 Å². The maximum atomic E-state index is 10.3. The summed E-state index contributed by atoms with van der Waals surface area (Å²) in [6, 6.07) is 0. The van der Waals surface area contributed by atoms with E-state index >= 15 is 0 Å². The third-order valence-electron chi connectivity index (χ3n) is 0.882. The molecular weight excluding hydrogens is 103 g/mol. The average Bonchev–Trinajstić information content (AvgIpc) is 1.61. The van der Waals surface area contributed by atoms with Gasteiger partial charge in [-0.1, -0.05) is 18.6 Å². The van der Waals surface area contributed by atoms with Crippen LogP contribution in [0, 0.1) is 0 Å². The van der Waals surface area contributed by atoms with Crippen LogP contribution in [0.25, 0.3) is 0 Å². The second-order valence-corrected chi connectivity index (χ2v) is 4.01. The molecule has 0 amide bonds. The molecule has 0 atom stereocenters. The minimum atomic E-state index is -0.293. The molecule has 0 radical (unpaired) electrons. The van der Waals surface area contributed by atoms with E-state index in [-0.39, 0.29) is 15.2 Å². The molecule has 0 rings (SSSR count). The van der Waals surface area contributed by atoms with Crippen molar-refractivity contribution >= 4 is 19.9 Å². The molecule has 0 saturated carbocycles. The van der Waals surface area contributed by atoms with Gasteiger partial charge in [0.15, 0.2) is 0 Å². The predicted molar refractivity (Wildman–Crippen MR) is 32.9 cm³/mol. The highest BCUT2D eigenvalue weighted by Gasteiger charge is 1.94. The second kappa shape index (κ2) is 4.36. The molecule has 0 spiro atoms. The normalized spacial score (nSPS) is 8.29. The Bertz CT molecular complexity index is 61.1. The molecule has 0 fully saturated rings. The molecule has 0 aromatic carbocycles. The first-order chi connectivity index (χ1) is 3.27. The molecule has 0 heterocycles. The first-order valence-electron chi connectivity index (χ1n) is 2.76. The van der Waals surface area contributed by atoms with Crippen molar-refractivity contribution in [2.24, 2.45) is 0 Å². The van der Waals surface area contributed by atoms with Gasteiger partial charge in [0.05, 0.1) is 0 Å².